The van der Waals surface area contributed by atoms with Crippen LogP contribution in [0.5, 0.6) is 0 Å². The van der Waals surface area contributed by atoms with E-state index in [1.165, 1.54) is 0 Å². The van der Waals surface area contributed by atoms with Crippen molar-refractivity contribution >= 4 is 31.8 Å². The van der Waals surface area contributed by atoms with Crippen LogP contribution in [-0.2, 0) is 15.1 Å². The Labute approximate surface area is 178 Å². The zero-order valence-corrected chi connectivity index (χ0v) is 18.4. The average Bonchev–Trinajstić information content (AvgIpc) is 2.71. The molecule has 2 aromatic carbocycles. The van der Waals surface area contributed by atoms with Gasteiger partial charge in [0, 0.05) is 38.6 Å². The molecule has 0 spiro atoms. The van der Waals surface area contributed by atoms with E-state index in [1.54, 1.807) is 0 Å². The molecular formula is C20H26Cl2N4Ru. The van der Waals surface area contributed by atoms with Crippen LogP contribution >= 0.6 is 19.4 Å². The Morgan fingerprint density at radius 2 is 1.04 bits per heavy atom. The van der Waals surface area contributed by atoms with Crippen LogP contribution in [0.15, 0.2) is 70.6 Å². The van der Waals surface area contributed by atoms with E-state index in [9.17, 15) is 0 Å². The molecule has 148 valence electrons. The molecule has 2 N–H and O–H groups in total. The molecule has 0 unspecified atom stereocenters. The van der Waals surface area contributed by atoms with Crippen molar-refractivity contribution in [3.63, 3.8) is 0 Å². The van der Waals surface area contributed by atoms with Gasteiger partial charge in [-0.15, -0.1) is 0 Å². The Bertz CT molecular complexity index is 569. The average molecular weight is 494 g/mol. The van der Waals surface area contributed by atoms with E-state index in [-0.39, 0.29) is 15.1 Å². The molecular weight excluding hydrogens is 468 g/mol. The topological polar surface area (TPSA) is 48.8 Å². The van der Waals surface area contributed by atoms with Crippen molar-refractivity contribution in [2.75, 3.05) is 39.3 Å². The van der Waals surface area contributed by atoms with Gasteiger partial charge in [-0.1, -0.05) is 60.7 Å². The van der Waals surface area contributed by atoms with Gasteiger partial charge in [0.25, 0.3) is 0 Å². The Morgan fingerprint density at radius 3 is 1.41 bits per heavy atom. The minimum absolute atomic E-state index is 0.346. The number of benzene rings is 2. The fourth-order valence-electron chi connectivity index (χ4n) is 2.13. The summed E-state index contributed by atoms with van der Waals surface area (Å²) in [5.74, 6) is 0. The molecule has 0 fully saturated rings. The van der Waals surface area contributed by atoms with Gasteiger partial charge >= 0.3 is 34.5 Å². The zero-order valence-electron chi connectivity index (χ0n) is 15.2. The predicted molar refractivity (Wildman–Crippen MR) is 115 cm³/mol. The van der Waals surface area contributed by atoms with Crippen molar-refractivity contribution in [1.82, 2.24) is 10.6 Å². The first-order valence-corrected chi connectivity index (χ1v) is 13.2. The second-order valence-electron chi connectivity index (χ2n) is 5.44. The van der Waals surface area contributed by atoms with Crippen molar-refractivity contribution in [2.24, 2.45) is 9.98 Å². The van der Waals surface area contributed by atoms with Gasteiger partial charge in [-0.3, -0.25) is 9.98 Å². The molecule has 0 saturated heterocycles. The normalized spacial score (nSPS) is 11.0. The van der Waals surface area contributed by atoms with Gasteiger partial charge in [0.05, 0.1) is 13.1 Å². The summed E-state index contributed by atoms with van der Waals surface area (Å²) in [6, 6.07) is 20.3. The molecule has 0 aliphatic heterocycles. The fourth-order valence-corrected chi connectivity index (χ4v) is 2.13. The standard InChI is InChI=1S/C20H26N4.2ClH.Ru/c1-3-7-19(8-4-1)17-23-15-13-21-11-12-22-14-16-24-18-20-9-5-2-6-10-20;;;/h1-10,17-18,21-22H,11-16H2;2*1H;/q;;;+2/p-2. The summed E-state index contributed by atoms with van der Waals surface area (Å²) in [4.78, 5) is 8.80. The molecule has 4 nitrogen and oxygen atoms in total. The van der Waals surface area contributed by atoms with Crippen LogP contribution in [0, 0.1) is 0 Å². The van der Waals surface area contributed by atoms with Gasteiger partial charge in [0.1, 0.15) is 0 Å². The molecule has 27 heavy (non-hydrogen) atoms. The minimum atomic E-state index is -0.346. The summed E-state index contributed by atoms with van der Waals surface area (Å²) in [5.41, 5.74) is 2.30. The van der Waals surface area contributed by atoms with Gasteiger partial charge in [-0.05, 0) is 11.1 Å². The first-order valence-electron chi connectivity index (χ1n) is 8.73. The first-order chi connectivity index (χ1) is 13.4. The molecule has 0 atom stereocenters. The van der Waals surface area contributed by atoms with Crippen LogP contribution in [0.4, 0.5) is 0 Å². The summed E-state index contributed by atoms with van der Waals surface area (Å²) < 4.78 is 0. The molecule has 0 heterocycles. The quantitative estimate of drug-likeness (QED) is 0.284. The number of rotatable bonds is 11. The molecule has 0 aliphatic rings. The molecule has 7 heteroatoms. The third kappa shape index (κ3) is 14.6. The van der Waals surface area contributed by atoms with Gasteiger partial charge < -0.3 is 10.6 Å². The van der Waals surface area contributed by atoms with Gasteiger partial charge in [0.15, 0.2) is 0 Å². The van der Waals surface area contributed by atoms with E-state index >= 15 is 0 Å². The van der Waals surface area contributed by atoms with Crippen LogP contribution in [0.1, 0.15) is 11.1 Å². The molecule has 0 aromatic heterocycles. The van der Waals surface area contributed by atoms with E-state index < -0.39 is 0 Å². The van der Waals surface area contributed by atoms with Crippen molar-refractivity contribution in [3.8, 4) is 0 Å². The van der Waals surface area contributed by atoms with E-state index in [2.05, 4.69) is 44.9 Å². The number of nitrogens with zero attached hydrogens (tertiary/aromatic N) is 2. The van der Waals surface area contributed by atoms with E-state index in [4.69, 9.17) is 19.4 Å². The second-order valence-corrected chi connectivity index (χ2v) is 8.08. The molecule has 2 rings (SSSR count). The molecule has 0 aliphatic carbocycles. The number of hydrogen-bond donors (Lipinski definition) is 2. The maximum atomic E-state index is 4.85. The van der Waals surface area contributed by atoms with Crippen molar-refractivity contribution < 1.29 is 15.1 Å². The molecule has 0 amide bonds. The Hall–Kier alpha value is -1.10. The number of nitrogens with one attached hydrogen (secondary N) is 2. The van der Waals surface area contributed by atoms with Gasteiger partial charge in [0.2, 0.25) is 0 Å². The summed E-state index contributed by atoms with van der Waals surface area (Å²) in [6.07, 6.45) is 3.84. The number of hydrogen-bond acceptors (Lipinski definition) is 4. The fraction of sp³-hybridized carbons (Fsp3) is 0.300. The third-order valence-corrected chi connectivity index (χ3v) is 3.39. The molecule has 0 radical (unpaired) electrons. The van der Waals surface area contributed by atoms with Crippen LogP contribution in [0.2, 0.25) is 0 Å². The Morgan fingerprint density at radius 1 is 0.667 bits per heavy atom. The number of halogens is 2. The third-order valence-electron chi connectivity index (χ3n) is 3.39. The first kappa shape index (κ1) is 23.9. The van der Waals surface area contributed by atoms with Crippen LogP contribution in [-0.4, -0.2) is 51.7 Å². The zero-order chi connectivity index (χ0) is 19.4. The van der Waals surface area contributed by atoms with Gasteiger partial charge in [-0.2, -0.15) is 0 Å². The summed E-state index contributed by atoms with van der Waals surface area (Å²) in [7, 11) is 9.71. The molecule has 2 aromatic rings. The van der Waals surface area contributed by atoms with Gasteiger partial charge in [-0.25, -0.2) is 0 Å². The van der Waals surface area contributed by atoms with E-state index in [0.717, 1.165) is 50.4 Å². The predicted octanol–water partition coefficient (Wildman–Crippen LogP) is 3.78. The summed E-state index contributed by atoms with van der Waals surface area (Å²) in [5, 5.41) is 6.75. The Kier molecular flexibility index (Phi) is 16.2. The van der Waals surface area contributed by atoms with Crippen LogP contribution < -0.4 is 10.6 Å². The Balaban J connectivity index is 0.00000114. The monoisotopic (exact) mass is 494 g/mol. The van der Waals surface area contributed by atoms with Crippen molar-refractivity contribution in [1.29, 1.82) is 0 Å². The SMILES string of the molecule is C(=NCCNCCNCCN=Cc1ccccc1)c1ccccc1.[Cl][Ru][Cl]. The summed E-state index contributed by atoms with van der Waals surface area (Å²) in [6.45, 7) is 5.30. The maximum absolute atomic E-state index is 4.85. The van der Waals surface area contributed by atoms with Crippen molar-refractivity contribution in [2.45, 2.75) is 0 Å². The second kappa shape index (κ2) is 18.3. The van der Waals surface area contributed by atoms with E-state index in [1.807, 2.05) is 48.8 Å². The van der Waals surface area contributed by atoms with Crippen LogP contribution in [0.3, 0.4) is 0 Å². The number of aliphatic imine (C=N–C) groups is 2. The van der Waals surface area contributed by atoms with Crippen LogP contribution in [0.25, 0.3) is 0 Å². The molecule has 0 saturated carbocycles. The summed E-state index contributed by atoms with van der Waals surface area (Å²) >= 11 is -0.346. The molecule has 0 bridgehead atoms. The van der Waals surface area contributed by atoms with E-state index in [0.29, 0.717) is 0 Å². The van der Waals surface area contributed by atoms with Crippen molar-refractivity contribution in [3.05, 3.63) is 71.8 Å².